The lowest BCUT2D eigenvalue weighted by Crippen LogP contribution is -2.10. The highest BCUT2D eigenvalue weighted by Crippen LogP contribution is 2.29. The highest BCUT2D eigenvalue weighted by molar-refractivity contribution is 7.90. The minimum Gasteiger partial charge on any atom is -0.478 e. The maximum atomic E-state index is 13.6. The lowest BCUT2D eigenvalue weighted by molar-refractivity contribution is -0.139. The van der Waals surface area contributed by atoms with Crippen LogP contribution in [0.15, 0.2) is 47.4 Å². The maximum Gasteiger partial charge on any atom is 0.336 e. The monoisotopic (exact) mass is 410 g/mol. The predicted octanol–water partition coefficient (Wildman–Crippen LogP) is 2.93. The van der Waals surface area contributed by atoms with Gasteiger partial charge in [0.25, 0.3) is 0 Å². The minimum atomic E-state index is -3.48. The molecule has 148 valence electrons. The summed E-state index contributed by atoms with van der Waals surface area (Å²) in [5.41, 5.74) is -0.308. The van der Waals surface area contributed by atoms with Gasteiger partial charge in [-0.3, -0.25) is 4.79 Å². The van der Waals surface area contributed by atoms with Crippen LogP contribution in [-0.4, -0.2) is 38.3 Å². The fraction of sp³-hybridized carbons (Fsp3) is 0.158. The van der Waals surface area contributed by atoms with Crippen molar-refractivity contribution in [2.24, 2.45) is 0 Å². The third-order valence-electron chi connectivity index (χ3n) is 3.77. The van der Waals surface area contributed by atoms with Gasteiger partial charge in [-0.2, -0.15) is 0 Å². The van der Waals surface area contributed by atoms with Crippen molar-refractivity contribution < 1.29 is 36.6 Å². The SMILES string of the molecule is CC(=O)OCC(=C(C(=O)O)c1ccc(F)c(F)c1)c1ccc(S(C)(=O)=O)cc1. The number of benzene rings is 2. The molecule has 1 N–H and O–H groups in total. The molecule has 0 radical (unpaired) electrons. The Morgan fingerprint density at radius 2 is 1.57 bits per heavy atom. The van der Waals surface area contributed by atoms with Gasteiger partial charge in [0.05, 0.1) is 10.5 Å². The molecular weight excluding hydrogens is 394 g/mol. The number of halogens is 2. The van der Waals surface area contributed by atoms with Crippen LogP contribution in [0.1, 0.15) is 18.1 Å². The molecule has 0 aliphatic heterocycles. The average Bonchev–Trinajstić information content (AvgIpc) is 2.60. The number of hydrogen-bond acceptors (Lipinski definition) is 5. The molecule has 0 heterocycles. The molecule has 0 saturated heterocycles. The summed E-state index contributed by atoms with van der Waals surface area (Å²) in [5.74, 6) is -4.52. The fourth-order valence-corrected chi connectivity index (χ4v) is 3.09. The van der Waals surface area contributed by atoms with Gasteiger partial charge in [-0.05, 0) is 35.4 Å². The summed E-state index contributed by atoms with van der Waals surface area (Å²) in [6.45, 7) is 0.663. The van der Waals surface area contributed by atoms with Crippen LogP contribution in [0.3, 0.4) is 0 Å². The van der Waals surface area contributed by atoms with Crippen LogP contribution < -0.4 is 0 Å². The molecule has 0 fully saturated rings. The van der Waals surface area contributed by atoms with E-state index in [9.17, 15) is 31.9 Å². The quantitative estimate of drug-likeness (QED) is 0.447. The molecule has 0 aromatic heterocycles. The molecule has 0 unspecified atom stereocenters. The Morgan fingerprint density at radius 3 is 2.04 bits per heavy atom. The summed E-state index contributed by atoms with van der Waals surface area (Å²) < 4.78 is 55.0. The van der Waals surface area contributed by atoms with E-state index in [2.05, 4.69) is 0 Å². The van der Waals surface area contributed by atoms with Crippen molar-refractivity contribution in [1.82, 2.24) is 0 Å². The molecule has 0 saturated carbocycles. The number of sulfone groups is 1. The normalized spacial score (nSPS) is 12.3. The third-order valence-corrected chi connectivity index (χ3v) is 4.90. The van der Waals surface area contributed by atoms with Crippen LogP contribution in [0.25, 0.3) is 11.1 Å². The topological polar surface area (TPSA) is 97.7 Å². The summed E-state index contributed by atoms with van der Waals surface area (Å²) in [4.78, 5) is 23.1. The minimum absolute atomic E-state index is 0.00578. The third kappa shape index (κ3) is 5.01. The van der Waals surface area contributed by atoms with Crippen LogP contribution in [0.5, 0.6) is 0 Å². The second-order valence-corrected chi connectivity index (χ2v) is 7.88. The van der Waals surface area contributed by atoms with Crippen molar-refractivity contribution in [3.63, 3.8) is 0 Å². The number of hydrogen-bond donors (Lipinski definition) is 1. The zero-order valence-corrected chi connectivity index (χ0v) is 15.7. The number of esters is 1. The van der Waals surface area contributed by atoms with E-state index in [1.165, 1.54) is 24.3 Å². The number of carboxylic acids is 1. The first-order chi connectivity index (χ1) is 13.0. The van der Waals surface area contributed by atoms with E-state index in [0.717, 1.165) is 31.4 Å². The van der Waals surface area contributed by atoms with Crippen molar-refractivity contribution in [1.29, 1.82) is 0 Å². The van der Waals surface area contributed by atoms with Crippen molar-refractivity contribution in [2.75, 3.05) is 12.9 Å². The van der Waals surface area contributed by atoms with E-state index >= 15 is 0 Å². The van der Waals surface area contributed by atoms with Crippen molar-refractivity contribution in [3.05, 3.63) is 65.2 Å². The summed E-state index contributed by atoms with van der Waals surface area (Å²) in [5, 5.41) is 9.66. The summed E-state index contributed by atoms with van der Waals surface area (Å²) in [6.07, 6.45) is 1.02. The summed E-state index contributed by atoms with van der Waals surface area (Å²) in [7, 11) is -3.48. The predicted molar refractivity (Wildman–Crippen MR) is 97.0 cm³/mol. The Bertz CT molecular complexity index is 1060. The molecule has 0 aliphatic carbocycles. The molecule has 0 amide bonds. The standard InChI is InChI=1S/C19H16F2O6S/c1-11(22)27-10-15(12-3-6-14(7-4-12)28(2,25)26)18(19(23)24)13-5-8-16(20)17(21)9-13/h3-9H,10H2,1-2H3,(H,23,24). The molecule has 0 aliphatic rings. The largest absolute Gasteiger partial charge is 0.478 e. The van der Waals surface area contributed by atoms with E-state index < -0.39 is 45.6 Å². The van der Waals surface area contributed by atoms with E-state index in [4.69, 9.17) is 4.74 Å². The number of rotatable bonds is 6. The van der Waals surface area contributed by atoms with Gasteiger partial charge >= 0.3 is 11.9 Å². The van der Waals surface area contributed by atoms with Gasteiger partial charge in [0.1, 0.15) is 6.61 Å². The number of aliphatic carboxylic acids is 1. The number of carbonyl (C=O) groups is 2. The lowest BCUT2D eigenvalue weighted by atomic mass is 9.95. The molecule has 2 rings (SSSR count). The molecule has 2 aromatic carbocycles. The van der Waals surface area contributed by atoms with E-state index in [1.807, 2.05) is 0 Å². The molecule has 6 nitrogen and oxygen atoms in total. The molecule has 2 aromatic rings. The van der Waals surface area contributed by atoms with E-state index in [1.54, 1.807) is 0 Å². The first-order valence-electron chi connectivity index (χ1n) is 7.86. The van der Waals surface area contributed by atoms with Gasteiger partial charge in [-0.25, -0.2) is 22.0 Å². The van der Waals surface area contributed by atoms with Gasteiger partial charge in [0, 0.05) is 18.8 Å². The Balaban J connectivity index is 2.70. The molecule has 0 atom stereocenters. The molecule has 0 spiro atoms. The number of carbonyl (C=O) groups excluding carboxylic acids is 1. The van der Waals surface area contributed by atoms with E-state index in [-0.39, 0.29) is 21.6 Å². The van der Waals surface area contributed by atoms with Gasteiger partial charge in [-0.15, -0.1) is 0 Å². The van der Waals surface area contributed by atoms with Crippen LogP contribution >= 0.6 is 0 Å². The number of carboxylic acid groups (broad SMARTS) is 1. The Kier molecular flexibility index (Phi) is 6.30. The smallest absolute Gasteiger partial charge is 0.336 e. The van der Waals surface area contributed by atoms with Crippen molar-refractivity contribution >= 4 is 32.9 Å². The Labute approximate surface area is 160 Å². The molecule has 28 heavy (non-hydrogen) atoms. The van der Waals surface area contributed by atoms with Gasteiger partial charge in [0.15, 0.2) is 21.5 Å². The number of ether oxygens (including phenoxy) is 1. The van der Waals surface area contributed by atoms with Crippen LogP contribution in [-0.2, 0) is 24.2 Å². The molecule has 0 bridgehead atoms. The van der Waals surface area contributed by atoms with Crippen LogP contribution in [0.2, 0.25) is 0 Å². The lowest BCUT2D eigenvalue weighted by Gasteiger charge is -2.14. The van der Waals surface area contributed by atoms with Crippen molar-refractivity contribution in [3.8, 4) is 0 Å². The summed E-state index contributed by atoms with van der Waals surface area (Å²) in [6, 6.07) is 7.81. The highest BCUT2D eigenvalue weighted by atomic mass is 32.2. The van der Waals surface area contributed by atoms with Crippen molar-refractivity contribution in [2.45, 2.75) is 11.8 Å². The first kappa shape index (κ1) is 21.2. The Hall–Kier alpha value is -3.07. The second kappa shape index (κ2) is 8.30. The average molecular weight is 410 g/mol. The fourth-order valence-electron chi connectivity index (χ4n) is 2.46. The second-order valence-electron chi connectivity index (χ2n) is 5.86. The molecule has 9 heteroatoms. The first-order valence-corrected chi connectivity index (χ1v) is 9.75. The highest BCUT2D eigenvalue weighted by Gasteiger charge is 2.21. The summed E-state index contributed by atoms with van der Waals surface area (Å²) >= 11 is 0. The van der Waals surface area contributed by atoms with E-state index in [0.29, 0.717) is 0 Å². The Morgan fingerprint density at radius 1 is 1.00 bits per heavy atom. The zero-order valence-electron chi connectivity index (χ0n) is 14.9. The van der Waals surface area contributed by atoms with Gasteiger partial charge < -0.3 is 9.84 Å². The maximum absolute atomic E-state index is 13.6. The van der Waals surface area contributed by atoms with Crippen LogP contribution in [0, 0.1) is 11.6 Å². The van der Waals surface area contributed by atoms with Gasteiger partial charge in [-0.1, -0.05) is 18.2 Å². The van der Waals surface area contributed by atoms with Gasteiger partial charge in [0.2, 0.25) is 0 Å². The molecular formula is C19H16F2O6S. The zero-order chi connectivity index (χ0) is 21.1. The van der Waals surface area contributed by atoms with Crippen LogP contribution in [0.4, 0.5) is 8.78 Å².